The molecule has 0 saturated heterocycles. The molecule has 0 aromatic heterocycles. The summed E-state index contributed by atoms with van der Waals surface area (Å²) in [6.07, 6.45) is 0. The lowest BCUT2D eigenvalue weighted by Crippen LogP contribution is -2.02. The first kappa shape index (κ1) is 14.5. The highest BCUT2D eigenvalue weighted by molar-refractivity contribution is 9.10. The number of benzene rings is 2. The maximum absolute atomic E-state index is 13.4. The summed E-state index contributed by atoms with van der Waals surface area (Å²) < 4.78 is 32.1. The topological polar surface area (TPSA) is 46.5 Å². The van der Waals surface area contributed by atoms with Crippen LogP contribution in [0.2, 0.25) is 0 Å². The minimum atomic E-state index is -1.11. The lowest BCUT2D eigenvalue weighted by Gasteiger charge is -2.09. The summed E-state index contributed by atoms with van der Waals surface area (Å²) in [5, 5.41) is 8.96. The maximum Gasteiger partial charge on any atom is 0.336 e. The molecular formula is C14H9BrF2O3. The minimum absolute atomic E-state index is 0.0298. The molecule has 20 heavy (non-hydrogen) atoms. The molecule has 1 N–H and O–H groups in total. The Bertz CT molecular complexity index is 659. The summed E-state index contributed by atoms with van der Waals surface area (Å²) >= 11 is 3.10. The van der Waals surface area contributed by atoms with Gasteiger partial charge in [-0.25, -0.2) is 13.6 Å². The standard InChI is InChI=1S/C14H9BrF2O3/c15-12-3-2-10(6-11(12)14(18)19)20-7-8-5-9(16)1-4-13(8)17/h1-6H,7H2,(H,18,19). The van der Waals surface area contributed by atoms with E-state index in [1.807, 2.05) is 0 Å². The van der Waals surface area contributed by atoms with Crippen molar-refractivity contribution in [2.45, 2.75) is 6.61 Å². The third-order valence-electron chi connectivity index (χ3n) is 2.57. The van der Waals surface area contributed by atoms with E-state index in [0.717, 1.165) is 18.2 Å². The van der Waals surface area contributed by atoms with Gasteiger partial charge in [-0.1, -0.05) is 0 Å². The summed E-state index contributed by atoms with van der Waals surface area (Å²) in [5.74, 6) is -2.00. The Balaban J connectivity index is 2.17. The molecule has 0 spiro atoms. The van der Waals surface area contributed by atoms with Crippen LogP contribution in [0.1, 0.15) is 15.9 Å². The molecule has 0 bridgehead atoms. The zero-order valence-corrected chi connectivity index (χ0v) is 11.7. The van der Waals surface area contributed by atoms with Crippen molar-refractivity contribution < 1.29 is 23.4 Å². The first-order valence-corrected chi connectivity index (χ1v) is 6.36. The number of aromatic carboxylic acids is 1. The maximum atomic E-state index is 13.4. The average Bonchev–Trinajstić information content (AvgIpc) is 2.41. The highest BCUT2D eigenvalue weighted by Gasteiger charge is 2.10. The van der Waals surface area contributed by atoms with Crippen LogP contribution in [0.3, 0.4) is 0 Å². The second-order valence-corrected chi connectivity index (χ2v) is 4.83. The fourth-order valence-corrected chi connectivity index (χ4v) is 1.99. The fourth-order valence-electron chi connectivity index (χ4n) is 1.57. The lowest BCUT2D eigenvalue weighted by atomic mass is 10.2. The van der Waals surface area contributed by atoms with Crippen LogP contribution in [-0.4, -0.2) is 11.1 Å². The monoisotopic (exact) mass is 342 g/mol. The van der Waals surface area contributed by atoms with Gasteiger partial charge in [0.25, 0.3) is 0 Å². The number of hydrogen-bond acceptors (Lipinski definition) is 2. The van der Waals surface area contributed by atoms with Gasteiger partial charge in [-0.2, -0.15) is 0 Å². The van der Waals surface area contributed by atoms with Gasteiger partial charge in [-0.15, -0.1) is 0 Å². The molecule has 0 heterocycles. The number of carboxylic acid groups (broad SMARTS) is 1. The van der Waals surface area contributed by atoms with Gasteiger partial charge in [0.15, 0.2) is 0 Å². The van der Waals surface area contributed by atoms with Crippen molar-refractivity contribution in [2.24, 2.45) is 0 Å². The van der Waals surface area contributed by atoms with E-state index in [0.29, 0.717) is 4.47 Å². The number of rotatable bonds is 4. The van der Waals surface area contributed by atoms with Crippen molar-refractivity contribution in [1.29, 1.82) is 0 Å². The molecule has 0 radical (unpaired) electrons. The summed E-state index contributed by atoms with van der Waals surface area (Å²) in [4.78, 5) is 11.0. The number of carboxylic acids is 1. The van der Waals surface area contributed by atoms with Gasteiger partial charge in [-0.3, -0.25) is 0 Å². The second-order valence-electron chi connectivity index (χ2n) is 3.97. The van der Waals surface area contributed by atoms with E-state index in [1.54, 1.807) is 0 Å². The fraction of sp³-hybridized carbons (Fsp3) is 0.0714. The van der Waals surface area contributed by atoms with Crippen LogP contribution in [0, 0.1) is 11.6 Å². The highest BCUT2D eigenvalue weighted by atomic mass is 79.9. The van der Waals surface area contributed by atoms with Crippen molar-refractivity contribution in [1.82, 2.24) is 0 Å². The van der Waals surface area contributed by atoms with Crippen LogP contribution in [0.25, 0.3) is 0 Å². The van der Waals surface area contributed by atoms with Crippen molar-refractivity contribution in [3.63, 3.8) is 0 Å². The molecule has 0 unspecified atom stereocenters. The molecule has 0 atom stereocenters. The van der Waals surface area contributed by atoms with Crippen LogP contribution in [0.4, 0.5) is 8.78 Å². The molecular weight excluding hydrogens is 334 g/mol. The van der Waals surface area contributed by atoms with Gasteiger partial charge >= 0.3 is 5.97 Å². The molecule has 104 valence electrons. The quantitative estimate of drug-likeness (QED) is 0.913. The number of halogens is 3. The van der Waals surface area contributed by atoms with Crippen LogP contribution in [0.15, 0.2) is 40.9 Å². The first-order chi connectivity index (χ1) is 9.47. The van der Waals surface area contributed by atoms with Gasteiger partial charge < -0.3 is 9.84 Å². The van der Waals surface area contributed by atoms with Crippen molar-refractivity contribution in [3.8, 4) is 5.75 Å². The zero-order valence-electron chi connectivity index (χ0n) is 10.1. The molecule has 2 aromatic carbocycles. The van der Waals surface area contributed by atoms with E-state index in [4.69, 9.17) is 9.84 Å². The normalized spacial score (nSPS) is 10.3. The van der Waals surface area contributed by atoms with Crippen LogP contribution in [-0.2, 0) is 6.61 Å². The summed E-state index contributed by atoms with van der Waals surface area (Å²) in [5.41, 5.74) is 0.0898. The van der Waals surface area contributed by atoms with E-state index in [-0.39, 0.29) is 23.5 Å². The molecule has 0 aliphatic carbocycles. The summed E-state index contributed by atoms with van der Waals surface area (Å²) in [6.45, 7) is -0.190. The van der Waals surface area contributed by atoms with Crippen LogP contribution < -0.4 is 4.74 Å². The lowest BCUT2D eigenvalue weighted by molar-refractivity contribution is 0.0695. The molecule has 3 nitrogen and oxygen atoms in total. The van der Waals surface area contributed by atoms with Gasteiger partial charge in [-0.05, 0) is 52.3 Å². The molecule has 0 amide bonds. The number of carbonyl (C=O) groups is 1. The third kappa shape index (κ3) is 3.33. The molecule has 6 heteroatoms. The van der Waals surface area contributed by atoms with E-state index in [2.05, 4.69) is 15.9 Å². The number of ether oxygens (including phenoxy) is 1. The Hall–Kier alpha value is -1.95. The van der Waals surface area contributed by atoms with E-state index >= 15 is 0 Å². The van der Waals surface area contributed by atoms with E-state index in [1.165, 1.54) is 18.2 Å². The van der Waals surface area contributed by atoms with Crippen molar-refractivity contribution in [3.05, 3.63) is 63.6 Å². The Morgan fingerprint density at radius 1 is 1.20 bits per heavy atom. The smallest absolute Gasteiger partial charge is 0.336 e. The number of hydrogen-bond donors (Lipinski definition) is 1. The predicted octanol–water partition coefficient (Wildman–Crippen LogP) is 4.00. The molecule has 0 aliphatic rings. The highest BCUT2D eigenvalue weighted by Crippen LogP contribution is 2.23. The van der Waals surface area contributed by atoms with Gasteiger partial charge in [0.2, 0.25) is 0 Å². The van der Waals surface area contributed by atoms with Crippen molar-refractivity contribution in [2.75, 3.05) is 0 Å². The summed E-state index contributed by atoms with van der Waals surface area (Å²) in [7, 11) is 0. The predicted molar refractivity (Wildman–Crippen MR) is 71.8 cm³/mol. The largest absolute Gasteiger partial charge is 0.489 e. The van der Waals surface area contributed by atoms with Crippen LogP contribution in [0.5, 0.6) is 5.75 Å². The molecule has 0 aliphatic heterocycles. The van der Waals surface area contributed by atoms with Gasteiger partial charge in [0, 0.05) is 10.0 Å². The Labute approximate surface area is 121 Å². The Morgan fingerprint density at radius 2 is 1.95 bits per heavy atom. The average molecular weight is 343 g/mol. The van der Waals surface area contributed by atoms with E-state index in [9.17, 15) is 13.6 Å². The minimum Gasteiger partial charge on any atom is -0.489 e. The van der Waals surface area contributed by atoms with Gasteiger partial charge in [0.1, 0.15) is 24.0 Å². The molecule has 2 rings (SSSR count). The summed E-state index contributed by atoms with van der Waals surface area (Å²) in [6, 6.07) is 7.42. The van der Waals surface area contributed by atoms with Crippen molar-refractivity contribution >= 4 is 21.9 Å². The SMILES string of the molecule is O=C(O)c1cc(OCc2cc(F)ccc2F)ccc1Br. The third-order valence-corrected chi connectivity index (χ3v) is 3.26. The van der Waals surface area contributed by atoms with E-state index < -0.39 is 17.6 Å². The molecule has 2 aromatic rings. The molecule has 0 fully saturated rings. The second kappa shape index (κ2) is 6.00. The molecule has 0 saturated carbocycles. The van der Waals surface area contributed by atoms with Crippen LogP contribution >= 0.6 is 15.9 Å². The Morgan fingerprint density at radius 3 is 2.65 bits per heavy atom. The Kier molecular flexibility index (Phi) is 4.34. The zero-order chi connectivity index (χ0) is 14.7. The van der Waals surface area contributed by atoms with Gasteiger partial charge in [0.05, 0.1) is 5.56 Å². The first-order valence-electron chi connectivity index (χ1n) is 5.57.